The van der Waals surface area contributed by atoms with Gasteiger partial charge in [0.2, 0.25) is 0 Å². The van der Waals surface area contributed by atoms with Crippen LogP contribution < -0.4 is 20.3 Å². The lowest BCUT2D eigenvalue weighted by molar-refractivity contribution is 0.243. The van der Waals surface area contributed by atoms with E-state index in [0.717, 1.165) is 39.4 Å². The first-order chi connectivity index (χ1) is 11.8. The van der Waals surface area contributed by atoms with Crippen LogP contribution in [0.4, 0.5) is 16.2 Å². The Morgan fingerprint density at radius 2 is 1.80 bits per heavy atom. The number of hydrogen-bond donors (Lipinski definition) is 2. The van der Waals surface area contributed by atoms with Crippen LogP contribution >= 0.6 is 0 Å². The lowest BCUT2D eigenvalue weighted by atomic mass is 10.1. The number of rotatable bonds is 3. The summed E-state index contributed by atoms with van der Waals surface area (Å²) in [5.41, 5.74) is 6.24. The lowest BCUT2D eigenvalue weighted by Gasteiger charge is -2.19. The van der Waals surface area contributed by atoms with Gasteiger partial charge in [-0.3, -0.25) is 0 Å². The summed E-state index contributed by atoms with van der Waals surface area (Å²) < 4.78 is 5.66. The number of urea groups is 1. The van der Waals surface area contributed by atoms with Crippen molar-refractivity contribution in [3.63, 3.8) is 0 Å². The predicted octanol–water partition coefficient (Wildman–Crippen LogP) is 3.93. The monoisotopic (exact) mass is 339 g/mol. The van der Waals surface area contributed by atoms with Gasteiger partial charge in [-0.1, -0.05) is 17.7 Å². The number of benzene rings is 2. The Bertz CT molecular complexity index is 792. The molecule has 1 unspecified atom stereocenters. The average molecular weight is 339 g/mol. The van der Waals surface area contributed by atoms with Crippen molar-refractivity contribution in [2.45, 2.75) is 26.8 Å². The quantitative estimate of drug-likeness (QED) is 0.891. The first-order valence-corrected chi connectivity index (χ1v) is 8.44. The molecule has 5 nitrogen and oxygen atoms in total. The molecule has 132 valence electrons. The molecular formula is C20H25N3O2. The van der Waals surface area contributed by atoms with Gasteiger partial charge in [0.1, 0.15) is 12.4 Å². The maximum atomic E-state index is 12.5. The van der Waals surface area contributed by atoms with E-state index in [1.807, 2.05) is 47.0 Å². The van der Waals surface area contributed by atoms with E-state index in [1.54, 1.807) is 0 Å². The standard InChI is InChI=1S/C20H25N3O2/c1-12-6-7-18-16(8-12)17(11-25-18)21-20(24)22-19-13(2)9-15(23(4)5)10-14(19)3/h6-10,17H,11H2,1-5H3,(H2,21,22,24). The first kappa shape index (κ1) is 17.1. The second-order valence-corrected chi connectivity index (χ2v) is 6.85. The molecule has 0 bridgehead atoms. The van der Waals surface area contributed by atoms with Gasteiger partial charge in [-0.2, -0.15) is 0 Å². The van der Waals surface area contributed by atoms with Crippen LogP contribution in [0.1, 0.15) is 28.3 Å². The molecule has 0 fully saturated rings. The third-order valence-corrected chi connectivity index (χ3v) is 4.52. The molecule has 0 saturated heterocycles. The van der Waals surface area contributed by atoms with E-state index in [9.17, 15) is 4.79 Å². The van der Waals surface area contributed by atoms with E-state index in [-0.39, 0.29) is 12.1 Å². The molecule has 2 aromatic rings. The first-order valence-electron chi connectivity index (χ1n) is 8.44. The predicted molar refractivity (Wildman–Crippen MR) is 102 cm³/mol. The maximum absolute atomic E-state index is 12.5. The number of ether oxygens (including phenoxy) is 1. The lowest BCUT2D eigenvalue weighted by Crippen LogP contribution is -2.33. The molecule has 2 aromatic carbocycles. The van der Waals surface area contributed by atoms with Gasteiger partial charge in [0.15, 0.2) is 0 Å². The second-order valence-electron chi connectivity index (χ2n) is 6.85. The van der Waals surface area contributed by atoms with Gasteiger partial charge in [0.25, 0.3) is 0 Å². The Hall–Kier alpha value is -2.69. The number of nitrogens with one attached hydrogen (secondary N) is 2. The van der Waals surface area contributed by atoms with Crippen LogP contribution in [0.25, 0.3) is 0 Å². The van der Waals surface area contributed by atoms with Crippen molar-refractivity contribution < 1.29 is 9.53 Å². The summed E-state index contributed by atoms with van der Waals surface area (Å²) in [7, 11) is 4.01. The molecule has 0 aromatic heterocycles. The van der Waals surface area contributed by atoms with Crippen LogP contribution in [0.3, 0.4) is 0 Å². The zero-order chi connectivity index (χ0) is 18.1. The smallest absolute Gasteiger partial charge is 0.319 e. The molecule has 0 saturated carbocycles. The van der Waals surface area contributed by atoms with Crippen LogP contribution in [-0.2, 0) is 0 Å². The van der Waals surface area contributed by atoms with Gasteiger partial charge >= 0.3 is 6.03 Å². The van der Waals surface area contributed by atoms with Crippen LogP contribution in [0.2, 0.25) is 0 Å². The third-order valence-electron chi connectivity index (χ3n) is 4.52. The number of aryl methyl sites for hydroxylation is 3. The summed E-state index contributed by atoms with van der Waals surface area (Å²) >= 11 is 0. The number of hydrogen-bond acceptors (Lipinski definition) is 3. The zero-order valence-electron chi connectivity index (χ0n) is 15.4. The number of nitrogens with zero attached hydrogens (tertiary/aromatic N) is 1. The van der Waals surface area contributed by atoms with E-state index in [4.69, 9.17) is 4.74 Å². The molecule has 0 aliphatic carbocycles. The molecule has 2 N–H and O–H groups in total. The fraction of sp³-hybridized carbons (Fsp3) is 0.350. The minimum absolute atomic E-state index is 0.128. The maximum Gasteiger partial charge on any atom is 0.319 e. The van der Waals surface area contributed by atoms with Crippen LogP contribution in [0, 0.1) is 20.8 Å². The summed E-state index contributed by atoms with van der Waals surface area (Å²) in [5, 5.41) is 6.01. The Morgan fingerprint density at radius 3 is 2.44 bits per heavy atom. The van der Waals surface area contributed by atoms with Crippen molar-refractivity contribution in [1.29, 1.82) is 0 Å². The number of carbonyl (C=O) groups is 1. The molecule has 2 amide bonds. The molecule has 0 spiro atoms. The highest BCUT2D eigenvalue weighted by molar-refractivity contribution is 5.91. The Morgan fingerprint density at radius 1 is 1.12 bits per heavy atom. The third kappa shape index (κ3) is 3.55. The molecule has 5 heteroatoms. The molecule has 1 aliphatic rings. The molecule has 1 aliphatic heterocycles. The highest BCUT2D eigenvalue weighted by Gasteiger charge is 2.26. The minimum atomic E-state index is -0.216. The van der Waals surface area contributed by atoms with Crippen LogP contribution in [0.15, 0.2) is 30.3 Å². The van der Waals surface area contributed by atoms with Crippen molar-refractivity contribution in [3.05, 3.63) is 52.6 Å². The SMILES string of the molecule is Cc1ccc2c(c1)C(NC(=O)Nc1c(C)cc(N(C)C)cc1C)CO2. The number of carbonyl (C=O) groups excluding carboxylic acids is 1. The van der Waals surface area contributed by atoms with Gasteiger partial charge < -0.3 is 20.3 Å². The second kappa shape index (κ2) is 6.67. The van der Waals surface area contributed by atoms with E-state index < -0.39 is 0 Å². The summed E-state index contributed by atoms with van der Waals surface area (Å²) in [6, 6.07) is 9.83. The summed E-state index contributed by atoms with van der Waals surface area (Å²) in [6.45, 7) is 6.51. The van der Waals surface area contributed by atoms with Gasteiger partial charge in [-0.15, -0.1) is 0 Å². The Kier molecular flexibility index (Phi) is 4.57. The van der Waals surface area contributed by atoms with Crippen molar-refractivity contribution in [2.75, 3.05) is 30.9 Å². The largest absolute Gasteiger partial charge is 0.491 e. The highest BCUT2D eigenvalue weighted by Crippen LogP contribution is 2.33. The number of anilines is 2. The van der Waals surface area contributed by atoms with E-state index >= 15 is 0 Å². The summed E-state index contributed by atoms with van der Waals surface area (Å²) in [4.78, 5) is 14.6. The minimum Gasteiger partial charge on any atom is -0.491 e. The van der Waals surface area contributed by atoms with Crippen molar-refractivity contribution in [3.8, 4) is 5.75 Å². The fourth-order valence-corrected chi connectivity index (χ4v) is 3.16. The van der Waals surface area contributed by atoms with Crippen molar-refractivity contribution >= 4 is 17.4 Å². The van der Waals surface area contributed by atoms with Crippen molar-refractivity contribution in [2.24, 2.45) is 0 Å². The zero-order valence-corrected chi connectivity index (χ0v) is 15.4. The molecular weight excluding hydrogens is 314 g/mol. The molecule has 3 rings (SSSR count). The van der Waals surface area contributed by atoms with E-state index in [1.165, 1.54) is 0 Å². The van der Waals surface area contributed by atoms with Gasteiger partial charge in [-0.25, -0.2) is 4.79 Å². The highest BCUT2D eigenvalue weighted by atomic mass is 16.5. The number of amides is 2. The summed E-state index contributed by atoms with van der Waals surface area (Å²) in [5.74, 6) is 0.846. The van der Waals surface area contributed by atoms with Crippen LogP contribution in [0.5, 0.6) is 5.75 Å². The molecule has 0 radical (unpaired) electrons. The Balaban J connectivity index is 1.74. The fourth-order valence-electron chi connectivity index (χ4n) is 3.16. The normalized spacial score (nSPS) is 15.3. The van der Waals surface area contributed by atoms with E-state index in [2.05, 4.69) is 33.7 Å². The van der Waals surface area contributed by atoms with Gasteiger partial charge in [-0.05, 0) is 50.1 Å². The van der Waals surface area contributed by atoms with E-state index in [0.29, 0.717) is 6.61 Å². The molecule has 1 heterocycles. The topological polar surface area (TPSA) is 53.6 Å². The molecule has 1 atom stereocenters. The van der Waals surface area contributed by atoms with Crippen LogP contribution in [-0.4, -0.2) is 26.7 Å². The average Bonchev–Trinajstić information content (AvgIpc) is 2.92. The van der Waals surface area contributed by atoms with Gasteiger partial charge in [0, 0.05) is 31.0 Å². The molecule has 25 heavy (non-hydrogen) atoms. The van der Waals surface area contributed by atoms with Crippen molar-refractivity contribution in [1.82, 2.24) is 5.32 Å². The van der Waals surface area contributed by atoms with Gasteiger partial charge in [0.05, 0.1) is 6.04 Å². The summed E-state index contributed by atoms with van der Waals surface area (Å²) in [6.07, 6.45) is 0. The number of fused-ring (bicyclic) bond motifs is 1. The Labute approximate surface area is 149 Å².